The molecule has 12 heavy (non-hydrogen) atoms. The van der Waals surface area contributed by atoms with E-state index in [1.807, 2.05) is 17.8 Å². The fourth-order valence-corrected chi connectivity index (χ4v) is 1.32. The van der Waals surface area contributed by atoms with Crippen LogP contribution in [0.2, 0.25) is 0 Å². The summed E-state index contributed by atoms with van der Waals surface area (Å²) >= 11 is 0. The fourth-order valence-electron chi connectivity index (χ4n) is 1.32. The molecular formula is C8H13N3O. The number of ether oxygens (including phenoxy) is 1. The molecule has 2 rings (SSSR count). The minimum absolute atomic E-state index is 0.0129. The lowest BCUT2D eigenvalue weighted by Crippen LogP contribution is -2.51. The van der Waals surface area contributed by atoms with Gasteiger partial charge in [-0.15, -0.1) is 0 Å². The minimum atomic E-state index is 0.0129. The zero-order chi connectivity index (χ0) is 8.60. The first-order valence-electron chi connectivity index (χ1n) is 4.07. The van der Waals surface area contributed by atoms with E-state index in [0.29, 0.717) is 6.61 Å². The Labute approximate surface area is 71.5 Å². The molecule has 4 heteroatoms. The van der Waals surface area contributed by atoms with Crippen molar-refractivity contribution >= 4 is 0 Å². The predicted octanol–water partition coefficient (Wildman–Crippen LogP) is 0.254. The summed E-state index contributed by atoms with van der Waals surface area (Å²) in [5.74, 6) is 0.864. The van der Waals surface area contributed by atoms with E-state index in [9.17, 15) is 0 Å². The highest BCUT2D eigenvalue weighted by Crippen LogP contribution is 2.20. The van der Waals surface area contributed by atoms with Gasteiger partial charge < -0.3 is 10.1 Å². The van der Waals surface area contributed by atoms with Gasteiger partial charge in [0.25, 0.3) is 0 Å². The molecule has 0 fully saturated rings. The van der Waals surface area contributed by atoms with E-state index in [1.165, 1.54) is 0 Å². The number of nitrogens with zero attached hydrogens (tertiary/aromatic N) is 2. The highest BCUT2D eigenvalue weighted by molar-refractivity contribution is 5.11. The number of likely N-dealkylation sites (N-methyl/N-ethyl adjacent to an activating group) is 1. The zero-order valence-electron chi connectivity index (χ0n) is 7.37. The molecule has 0 aliphatic carbocycles. The van der Waals surface area contributed by atoms with Crippen LogP contribution in [0, 0.1) is 0 Å². The number of fused-ring (bicyclic) bond motifs is 1. The Morgan fingerprint density at radius 3 is 3.33 bits per heavy atom. The Morgan fingerprint density at radius 2 is 2.58 bits per heavy atom. The summed E-state index contributed by atoms with van der Waals surface area (Å²) in [7, 11) is 1.94. The molecule has 1 aromatic heterocycles. The molecule has 0 saturated carbocycles. The topological polar surface area (TPSA) is 39.1 Å². The van der Waals surface area contributed by atoms with E-state index >= 15 is 0 Å². The SMILES string of the molecule is CNC1(C)COc2ccnn2C1. The van der Waals surface area contributed by atoms with Gasteiger partial charge in [0.15, 0.2) is 0 Å². The van der Waals surface area contributed by atoms with Crippen molar-refractivity contribution in [3.05, 3.63) is 12.3 Å². The summed E-state index contributed by atoms with van der Waals surface area (Å²) in [4.78, 5) is 0. The molecule has 4 nitrogen and oxygen atoms in total. The van der Waals surface area contributed by atoms with Crippen LogP contribution in [0.5, 0.6) is 5.88 Å². The lowest BCUT2D eigenvalue weighted by Gasteiger charge is -2.33. The van der Waals surface area contributed by atoms with E-state index in [2.05, 4.69) is 17.3 Å². The second kappa shape index (κ2) is 2.48. The van der Waals surface area contributed by atoms with Crippen molar-refractivity contribution in [2.45, 2.75) is 19.0 Å². The van der Waals surface area contributed by atoms with Gasteiger partial charge in [0.05, 0.1) is 18.3 Å². The molecule has 1 aliphatic rings. The van der Waals surface area contributed by atoms with Crippen LogP contribution in [0.1, 0.15) is 6.92 Å². The van der Waals surface area contributed by atoms with Crippen LogP contribution in [0.4, 0.5) is 0 Å². The van der Waals surface area contributed by atoms with Gasteiger partial charge in [-0.25, -0.2) is 4.68 Å². The molecule has 0 radical (unpaired) electrons. The molecule has 1 aliphatic heterocycles. The maximum absolute atomic E-state index is 5.51. The predicted molar refractivity (Wildman–Crippen MR) is 45.2 cm³/mol. The lowest BCUT2D eigenvalue weighted by molar-refractivity contribution is 0.125. The summed E-state index contributed by atoms with van der Waals surface area (Å²) in [6.45, 7) is 3.69. The second-order valence-electron chi connectivity index (χ2n) is 3.43. The van der Waals surface area contributed by atoms with Gasteiger partial charge in [0, 0.05) is 6.07 Å². The molecule has 1 atom stereocenters. The van der Waals surface area contributed by atoms with Gasteiger partial charge in [0.1, 0.15) is 6.61 Å². The van der Waals surface area contributed by atoms with Crippen LogP contribution in [-0.2, 0) is 6.54 Å². The third-order valence-corrected chi connectivity index (χ3v) is 2.32. The largest absolute Gasteiger partial charge is 0.476 e. The maximum atomic E-state index is 5.51. The number of hydrogen-bond donors (Lipinski definition) is 1. The third kappa shape index (κ3) is 1.08. The first-order valence-corrected chi connectivity index (χ1v) is 4.07. The molecule has 66 valence electrons. The van der Waals surface area contributed by atoms with Crippen LogP contribution < -0.4 is 10.1 Å². The van der Waals surface area contributed by atoms with E-state index < -0.39 is 0 Å². The molecule has 1 aromatic rings. The van der Waals surface area contributed by atoms with Crippen LogP contribution in [0.25, 0.3) is 0 Å². The highest BCUT2D eigenvalue weighted by Gasteiger charge is 2.29. The summed E-state index contributed by atoms with van der Waals surface area (Å²) in [5, 5.41) is 7.38. The normalized spacial score (nSPS) is 27.8. The van der Waals surface area contributed by atoms with Crippen molar-refractivity contribution in [1.82, 2.24) is 15.1 Å². The van der Waals surface area contributed by atoms with Gasteiger partial charge in [-0.3, -0.25) is 0 Å². The van der Waals surface area contributed by atoms with Crippen molar-refractivity contribution in [2.75, 3.05) is 13.7 Å². The standard InChI is InChI=1S/C8H13N3O/c1-8(9-2)5-11-7(12-6-8)3-4-10-11/h3-4,9H,5-6H2,1-2H3. The second-order valence-corrected chi connectivity index (χ2v) is 3.43. The van der Waals surface area contributed by atoms with Gasteiger partial charge in [-0.2, -0.15) is 5.10 Å². The molecule has 1 unspecified atom stereocenters. The average molecular weight is 167 g/mol. The van der Waals surface area contributed by atoms with E-state index in [0.717, 1.165) is 12.4 Å². The molecule has 2 heterocycles. The van der Waals surface area contributed by atoms with Crippen molar-refractivity contribution in [2.24, 2.45) is 0 Å². The summed E-state index contributed by atoms with van der Waals surface area (Å²) in [5.41, 5.74) is 0.0129. The Hall–Kier alpha value is -1.03. The Bertz CT molecular complexity index is 284. The molecular weight excluding hydrogens is 154 g/mol. The van der Waals surface area contributed by atoms with E-state index in [-0.39, 0.29) is 5.54 Å². The highest BCUT2D eigenvalue weighted by atomic mass is 16.5. The van der Waals surface area contributed by atoms with E-state index in [4.69, 9.17) is 4.74 Å². The van der Waals surface area contributed by atoms with Crippen molar-refractivity contribution in [3.63, 3.8) is 0 Å². The van der Waals surface area contributed by atoms with E-state index in [1.54, 1.807) is 6.20 Å². The number of hydrogen-bond acceptors (Lipinski definition) is 3. The van der Waals surface area contributed by atoms with Crippen LogP contribution in [0.3, 0.4) is 0 Å². The monoisotopic (exact) mass is 167 g/mol. The molecule has 0 spiro atoms. The third-order valence-electron chi connectivity index (χ3n) is 2.32. The minimum Gasteiger partial charge on any atom is -0.476 e. The summed E-state index contributed by atoms with van der Waals surface area (Å²) in [6.07, 6.45) is 1.76. The summed E-state index contributed by atoms with van der Waals surface area (Å²) < 4.78 is 7.38. The molecule has 0 amide bonds. The van der Waals surface area contributed by atoms with Crippen LogP contribution in [-0.4, -0.2) is 29.0 Å². The average Bonchev–Trinajstić information content (AvgIpc) is 2.51. The van der Waals surface area contributed by atoms with Crippen LogP contribution >= 0.6 is 0 Å². The van der Waals surface area contributed by atoms with Gasteiger partial charge in [-0.1, -0.05) is 0 Å². The van der Waals surface area contributed by atoms with Crippen molar-refractivity contribution in [1.29, 1.82) is 0 Å². The number of nitrogens with one attached hydrogen (secondary N) is 1. The quantitative estimate of drug-likeness (QED) is 0.652. The molecule has 0 bridgehead atoms. The molecule has 1 N–H and O–H groups in total. The van der Waals surface area contributed by atoms with Gasteiger partial charge >= 0.3 is 0 Å². The van der Waals surface area contributed by atoms with Crippen LogP contribution in [0.15, 0.2) is 12.3 Å². The molecule has 0 saturated heterocycles. The fraction of sp³-hybridized carbons (Fsp3) is 0.625. The smallest absolute Gasteiger partial charge is 0.211 e. The maximum Gasteiger partial charge on any atom is 0.211 e. The Balaban J connectivity index is 2.25. The lowest BCUT2D eigenvalue weighted by atomic mass is 10.0. The number of aromatic nitrogens is 2. The molecule has 0 aromatic carbocycles. The van der Waals surface area contributed by atoms with Crippen molar-refractivity contribution < 1.29 is 4.74 Å². The van der Waals surface area contributed by atoms with Gasteiger partial charge in [-0.05, 0) is 14.0 Å². The number of rotatable bonds is 1. The Kier molecular flexibility index (Phi) is 1.58. The van der Waals surface area contributed by atoms with Gasteiger partial charge in [0.2, 0.25) is 5.88 Å². The summed E-state index contributed by atoms with van der Waals surface area (Å²) in [6, 6.07) is 1.88. The van der Waals surface area contributed by atoms with Crippen molar-refractivity contribution in [3.8, 4) is 5.88 Å². The zero-order valence-corrected chi connectivity index (χ0v) is 7.37. The Morgan fingerprint density at radius 1 is 1.75 bits per heavy atom. The first-order chi connectivity index (χ1) is 5.73. The first kappa shape index (κ1) is 7.61.